The normalized spacial score (nSPS) is 10.6. The second kappa shape index (κ2) is 5.79. The molecule has 0 fully saturated rings. The van der Waals surface area contributed by atoms with Gasteiger partial charge in [-0.15, -0.1) is 0 Å². The van der Waals surface area contributed by atoms with Gasteiger partial charge in [0.1, 0.15) is 5.75 Å². The van der Waals surface area contributed by atoms with Crippen LogP contribution in [-0.2, 0) is 0 Å². The van der Waals surface area contributed by atoms with Crippen molar-refractivity contribution in [2.75, 3.05) is 0 Å². The van der Waals surface area contributed by atoms with Gasteiger partial charge in [0.25, 0.3) is 5.69 Å². The van der Waals surface area contributed by atoms with Gasteiger partial charge in [-0.2, -0.15) is 0 Å². The maximum absolute atomic E-state index is 10.8. The molecule has 3 aromatic rings. The van der Waals surface area contributed by atoms with Crippen LogP contribution < -0.4 is 4.74 Å². The Morgan fingerprint density at radius 3 is 2.45 bits per heavy atom. The zero-order chi connectivity index (χ0) is 15.7. The van der Waals surface area contributed by atoms with Crippen LogP contribution >= 0.6 is 23.2 Å². The summed E-state index contributed by atoms with van der Waals surface area (Å²) < 4.78 is 5.76. The molecule has 0 saturated carbocycles. The molecule has 3 rings (SSSR count). The summed E-state index contributed by atoms with van der Waals surface area (Å²) in [7, 11) is 0. The minimum atomic E-state index is -0.566. The molecule has 7 heteroatoms. The van der Waals surface area contributed by atoms with Crippen LogP contribution in [0, 0.1) is 10.1 Å². The number of non-ortho nitro benzene ring substituents is 1. The van der Waals surface area contributed by atoms with Gasteiger partial charge in [0.15, 0.2) is 5.75 Å². The van der Waals surface area contributed by atoms with Gasteiger partial charge in [0.2, 0.25) is 0 Å². The number of nitro benzene ring substituents is 1. The van der Waals surface area contributed by atoms with Gasteiger partial charge >= 0.3 is 0 Å². The molecule has 0 aliphatic rings. The third-order valence-electron chi connectivity index (χ3n) is 3.01. The number of pyridine rings is 1. The van der Waals surface area contributed by atoms with E-state index in [0.717, 1.165) is 10.9 Å². The van der Waals surface area contributed by atoms with Crippen LogP contribution in [0.15, 0.2) is 48.7 Å². The molecule has 0 spiro atoms. The van der Waals surface area contributed by atoms with Crippen molar-refractivity contribution in [3.05, 3.63) is 68.8 Å². The van der Waals surface area contributed by atoms with Crippen LogP contribution in [0.4, 0.5) is 5.69 Å². The average Bonchev–Trinajstić information content (AvgIpc) is 2.50. The lowest BCUT2D eigenvalue weighted by molar-refractivity contribution is -0.384. The van der Waals surface area contributed by atoms with Crippen LogP contribution in [0.3, 0.4) is 0 Å². The number of nitro groups is 1. The first-order valence-electron chi connectivity index (χ1n) is 6.21. The third kappa shape index (κ3) is 2.68. The number of hydrogen-bond donors (Lipinski definition) is 0. The summed E-state index contributed by atoms with van der Waals surface area (Å²) in [5.41, 5.74) is 0.566. The highest BCUT2D eigenvalue weighted by atomic mass is 35.5. The Bertz CT molecular complexity index is 855. The van der Waals surface area contributed by atoms with Gasteiger partial charge in [-0.3, -0.25) is 15.1 Å². The fourth-order valence-electron chi connectivity index (χ4n) is 2.02. The summed E-state index contributed by atoms with van der Waals surface area (Å²) in [6, 6.07) is 11.5. The molecule has 22 heavy (non-hydrogen) atoms. The molecule has 0 aliphatic heterocycles. The Labute approximate surface area is 135 Å². The number of hydrogen-bond acceptors (Lipinski definition) is 4. The molecule has 0 N–H and O–H groups in total. The topological polar surface area (TPSA) is 65.3 Å². The zero-order valence-corrected chi connectivity index (χ0v) is 12.5. The van der Waals surface area contributed by atoms with Crippen molar-refractivity contribution >= 4 is 39.8 Å². The van der Waals surface area contributed by atoms with E-state index in [9.17, 15) is 10.1 Å². The van der Waals surface area contributed by atoms with Crippen LogP contribution in [0.1, 0.15) is 0 Å². The number of ether oxygens (including phenoxy) is 1. The first-order valence-corrected chi connectivity index (χ1v) is 6.97. The maximum Gasteiger partial charge on any atom is 0.272 e. The van der Waals surface area contributed by atoms with Crippen LogP contribution in [-0.4, -0.2) is 9.91 Å². The second-order valence-electron chi connectivity index (χ2n) is 4.42. The Morgan fingerprint density at radius 1 is 1.09 bits per heavy atom. The molecule has 0 unspecified atom stereocenters. The smallest absolute Gasteiger partial charge is 0.272 e. The Balaban J connectivity index is 2.08. The molecule has 1 heterocycles. The number of fused-ring (bicyclic) bond motifs is 1. The molecule has 110 valence electrons. The van der Waals surface area contributed by atoms with Gasteiger partial charge in [-0.1, -0.05) is 35.3 Å². The molecule has 5 nitrogen and oxygen atoms in total. The van der Waals surface area contributed by atoms with Crippen molar-refractivity contribution in [1.29, 1.82) is 0 Å². The number of para-hydroxylation sites is 1. The lowest BCUT2D eigenvalue weighted by atomic mass is 10.2. The van der Waals surface area contributed by atoms with E-state index in [1.807, 2.05) is 24.3 Å². The minimum Gasteiger partial charge on any atom is -0.453 e. The second-order valence-corrected chi connectivity index (χ2v) is 5.24. The quantitative estimate of drug-likeness (QED) is 0.485. The van der Waals surface area contributed by atoms with Crippen LogP contribution in [0.5, 0.6) is 11.5 Å². The first kappa shape index (κ1) is 14.6. The number of rotatable bonds is 3. The summed E-state index contributed by atoms with van der Waals surface area (Å²) in [4.78, 5) is 14.5. The van der Waals surface area contributed by atoms with Crippen molar-refractivity contribution in [2.45, 2.75) is 0 Å². The van der Waals surface area contributed by atoms with Gasteiger partial charge in [-0.05, 0) is 18.2 Å². The Kier molecular flexibility index (Phi) is 3.83. The molecule has 0 amide bonds. The lowest BCUT2D eigenvalue weighted by Gasteiger charge is -2.11. The van der Waals surface area contributed by atoms with Gasteiger partial charge in [0.05, 0.1) is 20.5 Å². The monoisotopic (exact) mass is 334 g/mol. The van der Waals surface area contributed by atoms with E-state index >= 15 is 0 Å². The fourth-order valence-corrected chi connectivity index (χ4v) is 2.57. The van der Waals surface area contributed by atoms with Crippen LogP contribution in [0.2, 0.25) is 10.0 Å². The van der Waals surface area contributed by atoms with E-state index in [-0.39, 0.29) is 21.5 Å². The van der Waals surface area contributed by atoms with Crippen molar-refractivity contribution in [1.82, 2.24) is 4.98 Å². The highest BCUT2D eigenvalue weighted by Gasteiger charge is 2.17. The van der Waals surface area contributed by atoms with Crippen LogP contribution in [0.25, 0.3) is 10.9 Å². The SMILES string of the molecule is O=[N+]([O-])c1cc(Cl)c(Oc2ccnc3ccccc23)c(Cl)c1. The van der Waals surface area contributed by atoms with Crippen molar-refractivity contribution < 1.29 is 9.66 Å². The van der Waals surface area contributed by atoms with Crippen molar-refractivity contribution in [3.8, 4) is 11.5 Å². The minimum absolute atomic E-state index is 0.0695. The number of nitrogens with zero attached hydrogens (tertiary/aromatic N) is 2. The Morgan fingerprint density at radius 2 is 1.77 bits per heavy atom. The predicted octanol–water partition coefficient (Wildman–Crippen LogP) is 5.24. The largest absolute Gasteiger partial charge is 0.453 e. The summed E-state index contributed by atoms with van der Waals surface area (Å²) >= 11 is 12.1. The van der Waals surface area contributed by atoms with Crippen molar-refractivity contribution in [2.24, 2.45) is 0 Å². The highest BCUT2D eigenvalue weighted by molar-refractivity contribution is 6.37. The molecule has 0 saturated heterocycles. The van der Waals surface area contributed by atoms with E-state index < -0.39 is 4.92 Å². The standard InChI is InChI=1S/C15H8Cl2N2O3/c16-11-7-9(19(20)21)8-12(17)15(11)22-14-5-6-18-13-4-2-1-3-10(13)14/h1-8H. The lowest BCUT2D eigenvalue weighted by Crippen LogP contribution is -1.92. The van der Waals surface area contributed by atoms with E-state index in [1.165, 1.54) is 12.1 Å². The van der Waals surface area contributed by atoms with Gasteiger partial charge in [0, 0.05) is 23.7 Å². The molecule has 1 aromatic heterocycles. The molecule has 0 atom stereocenters. The summed E-state index contributed by atoms with van der Waals surface area (Å²) in [6.45, 7) is 0. The number of benzene rings is 2. The number of halogens is 2. The van der Waals surface area contributed by atoms with Crippen molar-refractivity contribution in [3.63, 3.8) is 0 Å². The fraction of sp³-hybridized carbons (Fsp3) is 0. The van der Waals surface area contributed by atoms with Gasteiger partial charge in [-0.25, -0.2) is 0 Å². The molecule has 0 aliphatic carbocycles. The van der Waals surface area contributed by atoms with E-state index in [2.05, 4.69) is 4.98 Å². The predicted molar refractivity (Wildman–Crippen MR) is 84.9 cm³/mol. The third-order valence-corrected chi connectivity index (χ3v) is 3.58. The Hall–Kier alpha value is -2.37. The van der Waals surface area contributed by atoms with E-state index in [4.69, 9.17) is 27.9 Å². The maximum atomic E-state index is 10.8. The summed E-state index contributed by atoms with van der Waals surface area (Å²) in [6.07, 6.45) is 1.60. The molecule has 0 radical (unpaired) electrons. The zero-order valence-electron chi connectivity index (χ0n) is 11.0. The van der Waals surface area contributed by atoms with E-state index in [1.54, 1.807) is 12.3 Å². The molecule has 2 aromatic carbocycles. The first-order chi connectivity index (χ1) is 10.6. The number of aromatic nitrogens is 1. The van der Waals surface area contributed by atoms with E-state index in [0.29, 0.717) is 5.75 Å². The van der Waals surface area contributed by atoms with Gasteiger partial charge < -0.3 is 4.74 Å². The average molecular weight is 335 g/mol. The summed E-state index contributed by atoms with van der Waals surface area (Å²) in [5.74, 6) is 0.688. The molecule has 0 bridgehead atoms. The highest BCUT2D eigenvalue weighted by Crippen LogP contribution is 2.40. The molecular weight excluding hydrogens is 327 g/mol. The summed E-state index contributed by atoms with van der Waals surface area (Å²) in [5, 5.41) is 11.7. The molecular formula is C15H8Cl2N2O3.